The van der Waals surface area contributed by atoms with Crippen LogP contribution in [0.1, 0.15) is 226 Å². The van der Waals surface area contributed by atoms with Crippen LogP contribution in [-0.4, -0.2) is 46.1 Å². The fraction of sp³-hybridized carbons (Fsp3) is 0.930. The highest BCUT2D eigenvalue weighted by Crippen LogP contribution is 2.18. The molecule has 5 nitrogen and oxygen atoms in total. The van der Waals surface area contributed by atoms with Crippen molar-refractivity contribution < 1.29 is 20.1 Å². The molecule has 0 aromatic heterocycles. The van der Waals surface area contributed by atoms with E-state index in [1.807, 2.05) is 6.92 Å². The lowest BCUT2D eigenvalue weighted by atomic mass is 9.92. The summed E-state index contributed by atoms with van der Waals surface area (Å²) in [7, 11) is 0. The largest absolute Gasteiger partial charge is 0.394 e. The van der Waals surface area contributed by atoms with E-state index in [1.54, 1.807) is 0 Å². The summed E-state index contributed by atoms with van der Waals surface area (Å²) >= 11 is 0. The third kappa shape index (κ3) is 31.1. The fourth-order valence-electron chi connectivity index (χ4n) is 6.77. The van der Waals surface area contributed by atoms with E-state index in [1.165, 1.54) is 154 Å². The van der Waals surface area contributed by atoms with E-state index in [4.69, 9.17) is 0 Å². The number of carbonyl (C=O) groups is 1. The first-order chi connectivity index (χ1) is 23.5. The average molecular weight is 680 g/mol. The van der Waals surface area contributed by atoms with Crippen LogP contribution in [0, 0.1) is 5.92 Å². The second-order valence-corrected chi connectivity index (χ2v) is 15.1. The molecule has 0 fully saturated rings. The highest BCUT2D eigenvalue weighted by atomic mass is 16.3. The molecule has 4 atom stereocenters. The van der Waals surface area contributed by atoms with Crippen molar-refractivity contribution in [2.24, 2.45) is 5.92 Å². The molecule has 0 aliphatic heterocycles. The van der Waals surface area contributed by atoms with E-state index in [-0.39, 0.29) is 12.5 Å². The van der Waals surface area contributed by atoms with Crippen molar-refractivity contribution in [2.75, 3.05) is 6.61 Å². The van der Waals surface area contributed by atoms with Gasteiger partial charge in [0.05, 0.1) is 18.8 Å². The van der Waals surface area contributed by atoms with Gasteiger partial charge in [0.2, 0.25) is 5.91 Å². The van der Waals surface area contributed by atoms with Gasteiger partial charge >= 0.3 is 0 Å². The summed E-state index contributed by atoms with van der Waals surface area (Å²) < 4.78 is 0. The Morgan fingerprint density at radius 1 is 0.521 bits per heavy atom. The minimum atomic E-state index is -1.07. The third-order valence-corrected chi connectivity index (χ3v) is 10.4. The molecule has 4 N–H and O–H groups in total. The Labute approximate surface area is 299 Å². The summed E-state index contributed by atoms with van der Waals surface area (Å²) in [5, 5.41) is 33.7. The summed E-state index contributed by atoms with van der Waals surface area (Å²) in [5.41, 5.74) is 0. The smallest absolute Gasteiger partial charge is 0.249 e. The van der Waals surface area contributed by atoms with Gasteiger partial charge in [-0.05, 0) is 38.5 Å². The van der Waals surface area contributed by atoms with E-state index in [0.29, 0.717) is 12.8 Å². The van der Waals surface area contributed by atoms with Crippen LogP contribution < -0.4 is 5.32 Å². The van der Waals surface area contributed by atoms with Crippen LogP contribution in [0.15, 0.2) is 12.2 Å². The summed E-state index contributed by atoms with van der Waals surface area (Å²) in [6.45, 7) is 6.17. The van der Waals surface area contributed by atoms with Crippen molar-refractivity contribution in [1.29, 1.82) is 0 Å². The van der Waals surface area contributed by atoms with Gasteiger partial charge in [0.1, 0.15) is 6.10 Å². The van der Waals surface area contributed by atoms with Crippen molar-refractivity contribution >= 4 is 5.91 Å². The highest BCUT2D eigenvalue weighted by molar-refractivity contribution is 5.80. The molecule has 0 unspecified atom stereocenters. The zero-order valence-electron chi connectivity index (χ0n) is 32.5. The number of aliphatic hydroxyl groups is 3. The summed E-state index contributed by atoms with van der Waals surface area (Å²) in [6.07, 6.45) is 42.8. The summed E-state index contributed by atoms with van der Waals surface area (Å²) in [5.74, 6) is -0.699. The van der Waals surface area contributed by atoms with Gasteiger partial charge in [-0.3, -0.25) is 4.79 Å². The molecule has 0 saturated carbocycles. The molecule has 286 valence electrons. The quantitative estimate of drug-likeness (QED) is 0.0386. The first kappa shape index (κ1) is 47.1. The van der Waals surface area contributed by atoms with Gasteiger partial charge in [-0.2, -0.15) is 0 Å². The fourth-order valence-corrected chi connectivity index (χ4v) is 6.77. The lowest BCUT2D eigenvalue weighted by Gasteiger charge is -2.28. The van der Waals surface area contributed by atoms with Gasteiger partial charge in [0, 0.05) is 5.92 Å². The molecule has 0 saturated heterocycles. The lowest BCUT2D eigenvalue weighted by Crippen LogP contribution is -2.49. The maximum absolute atomic E-state index is 12.6. The number of nitrogens with one attached hydrogen (secondary N) is 1. The predicted molar refractivity (Wildman–Crippen MR) is 208 cm³/mol. The predicted octanol–water partition coefficient (Wildman–Crippen LogP) is 11.9. The number of allylic oxidation sites excluding steroid dienone is 2. The number of hydrogen-bond donors (Lipinski definition) is 4. The monoisotopic (exact) mass is 680 g/mol. The number of hydrogen-bond acceptors (Lipinski definition) is 4. The minimum Gasteiger partial charge on any atom is -0.394 e. The van der Waals surface area contributed by atoms with Crippen molar-refractivity contribution in [3.8, 4) is 0 Å². The molecule has 0 bridgehead atoms. The molecular formula is C43H85NO4. The molecule has 0 aromatic carbocycles. The third-order valence-electron chi connectivity index (χ3n) is 10.4. The Balaban J connectivity index is 3.71. The topological polar surface area (TPSA) is 89.8 Å². The summed E-state index contributed by atoms with van der Waals surface area (Å²) in [4.78, 5) is 12.6. The Morgan fingerprint density at radius 2 is 0.854 bits per heavy atom. The number of amides is 1. The summed E-state index contributed by atoms with van der Waals surface area (Å²) in [6, 6.07) is -0.544. The van der Waals surface area contributed by atoms with Crippen LogP contribution in [0.4, 0.5) is 0 Å². The maximum atomic E-state index is 12.6. The maximum Gasteiger partial charge on any atom is 0.249 e. The van der Waals surface area contributed by atoms with E-state index in [2.05, 4.69) is 31.3 Å². The molecule has 0 radical (unpaired) electrons. The SMILES string of the molecule is CCCCCCCCCCCCCCCCCC/C=C/CCCC[C@@H](O)C(=O)N[C@H](CO)[C@H](C)[C@H](O)CCCCCCCCCCCC. The number of aliphatic hydroxyl groups excluding tert-OH is 3. The van der Waals surface area contributed by atoms with E-state index in [0.717, 1.165) is 38.5 Å². The van der Waals surface area contributed by atoms with Gasteiger partial charge in [-0.1, -0.05) is 200 Å². The average Bonchev–Trinajstić information content (AvgIpc) is 3.09. The molecule has 5 heteroatoms. The Kier molecular flexibility index (Phi) is 36.6. The van der Waals surface area contributed by atoms with Crippen molar-refractivity contribution in [2.45, 2.75) is 244 Å². The molecule has 0 aliphatic rings. The first-order valence-electron chi connectivity index (χ1n) is 21.4. The molecule has 1 amide bonds. The van der Waals surface area contributed by atoms with Gasteiger partial charge < -0.3 is 20.6 Å². The van der Waals surface area contributed by atoms with E-state index < -0.39 is 24.2 Å². The zero-order valence-corrected chi connectivity index (χ0v) is 32.5. The molecule has 0 rings (SSSR count). The second-order valence-electron chi connectivity index (χ2n) is 15.1. The van der Waals surface area contributed by atoms with Crippen molar-refractivity contribution in [3.63, 3.8) is 0 Å². The van der Waals surface area contributed by atoms with Crippen LogP contribution in [0.3, 0.4) is 0 Å². The molecule has 0 heterocycles. The van der Waals surface area contributed by atoms with Gasteiger partial charge in [-0.25, -0.2) is 0 Å². The molecule has 0 spiro atoms. The molecular weight excluding hydrogens is 594 g/mol. The number of unbranched alkanes of at least 4 members (excludes halogenated alkanes) is 27. The van der Waals surface area contributed by atoms with Crippen molar-refractivity contribution in [3.05, 3.63) is 12.2 Å². The van der Waals surface area contributed by atoms with Crippen LogP contribution in [0.25, 0.3) is 0 Å². The number of rotatable bonds is 38. The Hall–Kier alpha value is -0.910. The first-order valence-corrected chi connectivity index (χ1v) is 21.4. The van der Waals surface area contributed by atoms with Crippen LogP contribution in [-0.2, 0) is 4.79 Å². The normalized spacial score (nSPS) is 14.4. The minimum absolute atomic E-state index is 0.237. The second kappa shape index (κ2) is 37.3. The van der Waals surface area contributed by atoms with Crippen molar-refractivity contribution in [1.82, 2.24) is 5.32 Å². The molecule has 48 heavy (non-hydrogen) atoms. The van der Waals surface area contributed by atoms with Crippen LogP contribution in [0.5, 0.6) is 0 Å². The van der Waals surface area contributed by atoms with Crippen LogP contribution >= 0.6 is 0 Å². The van der Waals surface area contributed by atoms with Crippen LogP contribution in [0.2, 0.25) is 0 Å². The van der Waals surface area contributed by atoms with Gasteiger partial charge in [0.25, 0.3) is 0 Å². The van der Waals surface area contributed by atoms with E-state index in [9.17, 15) is 20.1 Å². The van der Waals surface area contributed by atoms with Gasteiger partial charge in [0.15, 0.2) is 0 Å². The Morgan fingerprint density at radius 3 is 1.25 bits per heavy atom. The molecule has 0 aromatic rings. The van der Waals surface area contributed by atoms with Gasteiger partial charge in [-0.15, -0.1) is 0 Å². The number of carbonyl (C=O) groups excluding carboxylic acids is 1. The highest BCUT2D eigenvalue weighted by Gasteiger charge is 2.27. The standard InChI is InChI=1S/C43H85NO4/c1-4-6-8-10-12-14-16-17-18-19-20-21-22-23-24-25-26-27-29-31-33-35-37-42(47)43(48)44-40(38-45)39(3)41(46)36-34-32-30-28-15-13-11-9-7-5-2/h27,29,39-42,45-47H,4-26,28,30-38H2,1-3H3,(H,44,48)/b29-27+/t39-,40+,41+,42+/m0/s1. The Bertz CT molecular complexity index is 684. The zero-order chi connectivity index (χ0) is 35.3. The lowest BCUT2D eigenvalue weighted by molar-refractivity contribution is -0.131. The van der Waals surface area contributed by atoms with E-state index >= 15 is 0 Å². The molecule has 0 aliphatic carbocycles.